The first-order valence-corrected chi connectivity index (χ1v) is 9.38. The highest BCUT2D eigenvalue weighted by molar-refractivity contribution is 6.33. The average Bonchev–Trinajstić information content (AvgIpc) is 2.92. The lowest BCUT2D eigenvalue weighted by molar-refractivity contribution is 0.453. The molecule has 1 heterocycles. The normalized spacial score (nSPS) is 13.7. The third-order valence-corrected chi connectivity index (χ3v) is 5.14. The fraction of sp³-hybridized carbons (Fsp3) is 0.227. The summed E-state index contributed by atoms with van der Waals surface area (Å²) in [6, 6.07) is 20.0. The van der Waals surface area contributed by atoms with Crippen LogP contribution in [0.5, 0.6) is 0 Å². The second-order valence-electron chi connectivity index (χ2n) is 6.52. The van der Waals surface area contributed by atoms with Crippen molar-refractivity contribution in [3.8, 4) is 0 Å². The van der Waals surface area contributed by atoms with Gasteiger partial charge in [-0.1, -0.05) is 54.4 Å². The predicted molar refractivity (Wildman–Crippen MR) is 106 cm³/mol. The summed E-state index contributed by atoms with van der Waals surface area (Å²) in [6.07, 6.45) is 4.89. The Balaban J connectivity index is 2.00. The SMILES string of the molecule is O=c1oc2c(c(N(c3ccccc3)c3ccccc3)c1Cl)CCCCC2. The molecular formula is C22H20ClNO2. The van der Waals surface area contributed by atoms with E-state index in [1.54, 1.807) is 0 Å². The van der Waals surface area contributed by atoms with Crippen LogP contribution in [0, 0.1) is 0 Å². The minimum atomic E-state index is -0.459. The van der Waals surface area contributed by atoms with Crippen LogP contribution in [0.25, 0.3) is 0 Å². The molecule has 0 spiro atoms. The Bertz CT molecular complexity index is 912. The van der Waals surface area contributed by atoms with Crippen LogP contribution in [0.1, 0.15) is 30.6 Å². The van der Waals surface area contributed by atoms with Crippen LogP contribution in [0.4, 0.5) is 17.1 Å². The molecule has 0 aliphatic heterocycles. The highest BCUT2D eigenvalue weighted by Crippen LogP contribution is 2.42. The van der Waals surface area contributed by atoms with E-state index < -0.39 is 5.63 Å². The highest BCUT2D eigenvalue weighted by atomic mass is 35.5. The van der Waals surface area contributed by atoms with Crippen molar-refractivity contribution in [1.82, 2.24) is 0 Å². The Morgan fingerprint density at radius 3 is 2.00 bits per heavy atom. The lowest BCUT2D eigenvalue weighted by atomic mass is 10.1. The van der Waals surface area contributed by atoms with Gasteiger partial charge in [-0.3, -0.25) is 0 Å². The van der Waals surface area contributed by atoms with Gasteiger partial charge in [0, 0.05) is 23.4 Å². The second kappa shape index (κ2) is 7.38. The van der Waals surface area contributed by atoms with Gasteiger partial charge in [0.1, 0.15) is 5.76 Å². The minimum Gasteiger partial charge on any atom is -0.426 e. The van der Waals surface area contributed by atoms with Crippen molar-refractivity contribution in [2.45, 2.75) is 32.1 Å². The molecule has 132 valence electrons. The summed E-state index contributed by atoms with van der Waals surface area (Å²) in [4.78, 5) is 14.5. The summed E-state index contributed by atoms with van der Waals surface area (Å²) in [5.41, 5.74) is 3.30. The maximum absolute atomic E-state index is 12.5. The molecule has 0 saturated carbocycles. The summed E-state index contributed by atoms with van der Waals surface area (Å²) in [5.74, 6) is 0.781. The molecule has 0 fully saturated rings. The summed E-state index contributed by atoms with van der Waals surface area (Å²) < 4.78 is 5.56. The van der Waals surface area contributed by atoms with Crippen LogP contribution in [0.3, 0.4) is 0 Å². The number of fused-ring (bicyclic) bond motifs is 1. The molecule has 0 amide bonds. The summed E-state index contributed by atoms with van der Waals surface area (Å²) in [6.45, 7) is 0. The predicted octanol–water partition coefficient (Wildman–Crippen LogP) is 6.03. The van der Waals surface area contributed by atoms with Crippen molar-refractivity contribution < 1.29 is 4.42 Å². The van der Waals surface area contributed by atoms with Crippen molar-refractivity contribution in [3.63, 3.8) is 0 Å². The van der Waals surface area contributed by atoms with E-state index in [-0.39, 0.29) is 5.02 Å². The van der Waals surface area contributed by atoms with Crippen LogP contribution in [-0.4, -0.2) is 0 Å². The Labute approximate surface area is 157 Å². The molecule has 1 aliphatic rings. The Morgan fingerprint density at radius 2 is 1.38 bits per heavy atom. The van der Waals surface area contributed by atoms with Gasteiger partial charge in [-0.2, -0.15) is 0 Å². The van der Waals surface area contributed by atoms with Gasteiger partial charge in [0.25, 0.3) is 0 Å². The second-order valence-corrected chi connectivity index (χ2v) is 6.90. The van der Waals surface area contributed by atoms with Crippen LogP contribution in [0.15, 0.2) is 69.9 Å². The average molecular weight is 366 g/mol. The van der Waals surface area contributed by atoms with E-state index in [1.807, 2.05) is 60.7 Å². The zero-order chi connectivity index (χ0) is 17.9. The highest BCUT2D eigenvalue weighted by Gasteiger charge is 2.26. The van der Waals surface area contributed by atoms with Gasteiger partial charge in [-0.25, -0.2) is 4.79 Å². The van der Waals surface area contributed by atoms with Crippen molar-refractivity contribution in [2.24, 2.45) is 0 Å². The molecule has 2 aromatic carbocycles. The first-order chi connectivity index (χ1) is 12.8. The molecule has 1 aliphatic carbocycles. The maximum Gasteiger partial charge on any atom is 0.357 e. The fourth-order valence-electron chi connectivity index (χ4n) is 3.60. The fourth-order valence-corrected chi connectivity index (χ4v) is 3.84. The molecule has 0 bridgehead atoms. The summed E-state index contributed by atoms with van der Waals surface area (Å²) in [5, 5.41) is 0.151. The number of rotatable bonds is 3. The number of para-hydroxylation sites is 2. The lowest BCUT2D eigenvalue weighted by Crippen LogP contribution is -2.18. The molecule has 0 saturated heterocycles. The molecule has 3 aromatic rings. The van der Waals surface area contributed by atoms with Crippen molar-refractivity contribution >= 4 is 28.7 Å². The van der Waals surface area contributed by atoms with Crippen molar-refractivity contribution in [2.75, 3.05) is 4.90 Å². The van der Waals surface area contributed by atoms with E-state index in [0.29, 0.717) is 0 Å². The van der Waals surface area contributed by atoms with Gasteiger partial charge in [-0.05, 0) is 43.5 Å². The lowest BCUT2D eigenvalue weighted by Gasteiger charge is -2.28. The Kier molecular flexibility index (Phi) is 4.81. The molecule has 0 radical (unpaired) electrons. The van der Waals surface area contributed by atoms with Gasteiger partial charge in [-0.15, -0.1) is 0 Å². The zero-order valence-electron chi connectivity index (χ0n) is 14.5. The number of benzene rings is 2. The van der Waals surface area contributed by atoms with Gasteiger partial charge in [0.05, 0.1) is 5.69 Å². The molecule has 0 unspecified atom stereocenters. The molecule has 3 nitrogen and oxygen atoms in total. The van der Waals surface area contributed by atoms with E-state index in [4.69, 9.17) is 16.0 Å². The van der Waals surface area contributed by atoms with Crippen LogP contribution >= 0.6 is 11.6 Å². The first kappa shape index (κ1) is 16.9. The quantitative estimate of drug-likeness (QED) is 0.531. The zero-order valence-corrected chi connectivity index (χ0v) is 15.2. The number of nitrogens with zero attached hydrogens (tertiary/aromatic N) is 1. The smallest absolute Gasteiger partial charge is 0.357 e. The van der Waals surface area contributed by atoms with Gasteiger partial charge in [0.2, 0.25) is 0 Å². The molecule has 26 heavy (non-hydrogen) atoms. The maximum atomic E-state index is 12.5. The third kappa shape index (κ3) is 3.15. The molecular weight excluding hydrogens is 346 g/mol. The molecule has 4 heteroatoms. The van der Waals surface area contributed by atoms with E-state index in [1.165, 1.54) is 0 Å². The van der Waals surface area contributed by atoms with Crippen molar-refractivity contribution in [3.05, 3.63) is 87.4 Å². The van der Waals surface area contributed by atoms with Crippen LogP contribution in [0.2, 0.25) is 5.02 Å². The number of hydrogen-bond acceptors (Lipinski definition) is 3. The monoisotopic (exact) mass is 365 g/mol. The molecule has 4 rings (SSSR count). The van der Waals surface area contributed by atoms with Crippen molar-refractivity contribution in [1.29, 1.82) is 0 Å². The number of hydrogen-bond donors (Lipinski definition) is 0. The number of halogens is 1. The number of anilines is 3. The Morgan fingerprint density at radius 1 is 0.808 bits per heavy atom. The topological polar surface area (TPSA) is 33.5 Å². The molecule has 0 atom stereocenters. The molecule has 0 N–H and O–H groups in total. The summed E-state index contributed by atoms with van der Waals surface area (Å²) >= 11 is 6.53. The first-order valence-electron chi connectivity index (χ1n) is 9.00. The van der Waals surface area contributed by atoms with Crippen LogP contribution < -0.4 is 10.5 Å². The summed E-state index contributed by atoms with van der Waals surface area (Å²) in [7, 11) is 0. The van der Waals surface area contributed by atoms with E-state index >= 15 is 0 Å². The third-order valence-electron chi connectivity index (χ3n) is 4.81. The van der Waals surface area contributed by atoms with E-state index in [9.17, 15) is 4.79 Å². The van der Waals surface area contributed by atoms with Gasteiger partial charge in [0.15, 0.2) is 5.02 Å². The van der Waals surface area contributed by atoms with Gasteiger partial charge >= 0.3 is 5.63 Å². The van der Waals surface area contributed by atoms with Crippen LogP contribution in [-0.2, 0) is 12.8 Å². The molecule has 1 aromatic heterocycles. The standard InChI is InChI=1S/C22H20ClNO2/c23-20-21(18-14-8-3-9-15-19(18)26-22(20)25)24(16-10-4-1-5-11-16)17-12-6-2-7-13-17/h1-2,4-7,10-13H,3,8-9,14-15H2. The number of aryl methyl sites for hydroxylation is 1. The van der Waals surface area contributed by atoms with E-state index in [0.717, 1.165) is 60.5 Å². The van der Waals surface area contributed by atoms with E-state index in [2.05, 4.69) is 4.90 Å². The minimum absolute atomic E-state index is 0.151. The largest absolute Gasteiger partial charge is 0.426 e. The van der Waals surface area contributed by atoms with Gasteiger partial charge < -0.3 is 9.32 Å². The Hall–Kier alpha value is -2.52.